The van der Waals surface area contributed by atoms with Crippen LogP contribution in [0.5, 0.6) is 5.75 Å². The molecule has 0 spiro atoms. The van der Waals surface area contributed by atoms with Crippen LogP contribution in [-0.2, 0) is 4.43 Å². The molecule has 6 heteroatoms. The second kappa shape index (κ2) is 6.11. The monoisotopic (exact) mass is 334 g/mol. The molecule has 0 aliphatic heterocycles. The highest BCUT2D eigenvalue weighted by atomic mass is 28.4. The van der Waals surface area contributed by atoms with Crippen LogP contribution in [0.25, 0.3) is 10.9 Å². The van der Waals surface area contributed by atoms with Crippen molar-refractivity contribution in [2.75, 3.05) is 6.54 Å². The van der Waals surface area contributed by atoms with Gasteiger partial charge in [0.05, 0.1) is 5.52 Å². The lowest BCUT2D eigenvalue weighted by molar-refractivity contribution is 0.123. The fourth-order valence-corrected chi connectivity index (χ4v) is 3.54. The van der Waals surface area contributed by atoms with E-state index in [0.29, 0.717) is 5.52 Å². The Kier molecular flexibility index (Phi) is 4.70. The van der Waals surface area contributed by atoms with Gasteiger partial charge in [-0.2, -0.15) is 0 Å². The number of phenols is 1. The average Bonchev–Trinajstić information content (AvgIpc) is 2.44. The van der Waals surface area contributed by atoms with E-state index in [4.69, 9.17) is 10.2 Å². The molecule has 0 unspecified atom stereocenters. The van der Waals surface area contributed by atoms with E-state index < -0.39 is 14.5 Å². The Morgan fingerprint density at radius 1 is 1.26 bits per heavy atom. The van der Waals surface area contributed by atoms with E-state index in [1.54, 1.807) is 18.2 Å². The van der Waals surface area contributed by atoms with E-state index in [-0.39, 0.29) is 22.9 Å². The Morgan fingerprint density at radius 3 is 2.48 bits per heavy atom. The number of hydrogen-bond acceptors (Lipinski definition) is 4. The number of aromatic hydroxyl groups is 1. The van der Waals surface area contributed by atoms with Crippen molar-refractivity contribution in [2.24, 2.45) is 5.73 Å². The van der Waals surface area contributed by atoms with Crippen LogP contribution in [0.15, 0.2) is 35.1 Å². The van der Waals surface area contributed by atoms with E-state index in [2.05, 4.69) is 33.9 Å². The number of nitrogens with zero attached hydrogens (tertiary/aromatic N) is 1. The molecule has 0 amide bonds. The van der Waals surface area contributed by atoms with Gasteiger partial charge < -0.3 is 15.3 Å². The second-order valence-corrected chi connectivity index (χ2v) is 12.1. The van der Waals surface area contributed by atoms with E-state index in [1.807, 2.05) is 6.07 Å². The predicted octanol–water partition coefficient (Wildman–Crippen LogP) is 3.19. The van der Waals surface area contributed by atoms with Crippen LogP contribution in [0, 0.1) is 0 Å². The summed E-state index contributed by atoms with van der Waals surface area (Å²) in [5.74, 6) is 0.0532. The molecule has 0 aliphatic carbocycles. The zero-order valence-electron chi connectivity index (χ0n) is 14.5. The number of nitrogens with two attached hydrogens (primary N) is 1. The minimum Gasteiger partial charge on any atom is -0.506 e. The van der Waals surface area contributed by atoms with Crippen LogP contribution in [0.3, 0.4) is 0 Å². The van der Waals surface area contributed by atoms with Crippen LogP contribution in [0.2, 0.25) is 18.1 Å². The van der Waals surface area contributed by atoms with Gasteiger partial charge in [0, 0.05) is 18.0 Å². The fourth-order valence-electron chi connectivity index (χ4n) is 2.31. The molecule has 1 heterocycles. The van der Waals surface area contributed by atoms with Crippen LogP contribution < -0.4 is 11.3 Å². The van der Waals surface area contributed by atoms with Gasteiger partial charge in [-0.1, -0.05) is 32.9 Å². The molecule has 3 N–H and O–H groups in total. The zero-order valence-corrected chi connectivity index (χ0v) is 15.5. The fraction of sp³-hybridized carbons (Fsp3) is 0.471. The number of rotatable bonds is 4. The quantitative estimate of drug-likeness (QED) is 0.842. The minimum atomic E-state index is -2.12. The Bertz CT molecular complexity index is 763. The number of aromatic nitrogens is 1. The number of pyridine rings is 1. The Balaban J connectivity index is 2.61. The molecule has 0 aliphatic rings. The summed E-state index contributed by atoms with van der Waals surface area (Å²) in [4.78, 5) is 12.5. The molecular formula is C17H26N2O3Si. The molecule has 0 radical (unpaired) electrons. The summed E-state index contributed by atoms with van der Waals surface area (Å²) in [5, 5.41) is 11.0. The first kappa shape index (κ1) is 17.7. The molecule has 0 bridgehead atoms. The molecule has 5 nitrogen and oxygen atoms in total. The lowest BCUT2D eigenvalue weighted by Crippen LogP contribution is -2.46. The van der Waals surface area contributed by atoms with Gasteiger partial charge in [-0.15, -0.1) is 0 Å². The third kappa shape index (κ3) is 3.34. The van der Waals surface area contributed by atoms with Crippen LogP contribution in [0.4, 0.5) is 0 Å². The second-order valence-electron chi connectivity index (χ2n) is 7.33. The first-order valence-corrected chi connectivity index (χ1v) is 10.7. The summed E-state index contributed by atoms with van der Waals surface area (Å²) in [5.41, 5.74) is 6.16. The van der Waals surface area contributed by atoms with Crippen LogP contribution in [0.1, 0.15) is 27.0 Å². The first-order chi connectivity index (χ1) is 10.6. The smallest absolute Gasteiger partial charge is 0.253 e. The number of hydrogen-bond donors (Lipinski definition) is 2. The lowest BCUT2D eigenvalue weighted by Gasteiger charge is -2.39. The van der Waals surface area contributed by atoms with Gasteiger partial charge in [-0.25, -0.2) is 0 Å². The van der Waals surface area contributed by atoms with Gasteiger partial charge in [0.1, 0.15) is 12.0 Å². The molecule has 1 atom stereocenters. The topological polar surface area (TPSA) is 77.5 Å². The molecule has 126 valence electrons. The highest BCUT2D eigenvalue weighted by molar-refractivity contribution is 6.74. The van der Waals surface area contributed by atoms with E-state index in [9.17, 15) is 9.90 Å². The van der Waals surface area contributed by atoms with Crippen molar-refractivity contribution < 1.29 is 9.53 Å². The van der Waals surface area contributed by atoms with Crippen LogP contribution >= 0.6 is 0 Å². The molecular weight excluding hydrogens is 308 g/mol. The summed E-state index contributed by atoms with van der Waals surface area (Å²) in [6.45, 7) is 10.8. The molecule has 0 fully saturated rings. The summed E-state index contributed by atoms with van der Waals surface area (Å²) >= 11 is 0. The molecule has 1 aromatic carbocycles. The maximum absolute atomic E-state index is 12.5. The summed E-state index contributed by atoms with van der Waals surface area (Å²) in [7, 11) is -2.12. The Morgan fingerprint density at radius 2 is 1.91 bits per heavy atom. The highest BCUT2D eigenvalue weighted by Gasteiger charge is 2.39. The molecule has 23 heavy (non-hydrogen) atoms. The minimum absolute atomic E-state index is 0.00332. The van der Waals surface area contributed by atoms with Crippen molar-refractivity contribution in [2.45, 2.75) is 45.1 Å². The summed E-state index contributed by atoms with van der Waals surface area (Å²) < 4.78 is 7.82. The summed E-state index contributed by atoms with van der Waals surface area (Å²) in [6.07, 6.45) is -0.597. The standard InChI is InChI=1S/C17H26N2O3Si/c1-17(2,3)23(4,5)22-15(11-18)19-14(21)10-9-12-7-6-8-13(20)16(12)19/h6-10,15,20H,11,18H2,1-5H3/t15-/m0/s1. The van der Waals surface area contributed by atoms with Gasteiger partial charge in [-0.05, 0) is 30.3 Å². The predicted molar refractivity (Wildman–Crippen MR) is 96.2 cm³/mol. The Labute approximate surface area is 137 Å². The number of phenolic OH excluding ortho intramolecular Hbond substituents is 1. The molecule has 0 saturated heterocycles. The highest BCUT2D eigenvalue weighted by Crippen LogP contribution is 2.39. The number of para-hydroxylation sites is 1. The molecule has 2 rings (SSSR count). The van der Waals surface area contributed by atoms with Gasteiger partial charge in [0.2, 0.25) is 0 Å². The maximum atomic E-state index is 12.5. The van der Waals surface area contributed by atoms with Crippen molar-refractivity contribution in [1.29, 1.82) is 0 Å². The number of benzene rings is 1. The van der Waals surface area contributed by atoms with Crippen molar-refractivity contribution in [1.82, 2.24) is 4.57 Å². The zero-order chi connectivity index (χ0) is 17.4. The maximum Gasteiger partial charge on any atom is 0.253 e. The third-order valence-electron chi connectivity index (χ3n) is 4.66. The molecule has 1 aromatic heterocycles. The molecule has 0 saturated carbocycles. The van der Waals surface area contributed by atoms with Crippen molar-refractivity contribution in [3.63, 3.8) is 0 Å². The normalized spacial score (nSPS) is 14.2. The van der Waals surface area contributed by atoms with Gasteiger partial charge in [0.25, 0.3) is 5.56 Å². The largest absolute Gasteiger partial charge is 0.506 e. The van der Waals surface area contributed by atoms with E-state index in [1.165, 1.54) is 10.6 Å². The van der Waals surface area contributed by atoms with Gasteiger partial charge in [-0.3, -0.25) is 9.36 Å². The lowest BCUT2D eigenvalue weighted by atomic mass is 10.2. The van der Waals surface area contributed by atoms with Crippen molar-refractivity contribution in [3.8, 4) is 5.75 Å². The molecule has 2 aromatic rings. The Hall–Kier alpha value is -1.63. The van der Waals surface area contributed by atoms with E-state index >= 15 is 0 Å². The number of fused-ring (bicyclic) bond motifs is 1. The van der Waals surface area contributed by atoms with E-state index in [0.717, 1.165) is 5.39 Å². The van der Waals surface area contributed by atoms with Gasteiger partial charge in [0.15, 0.2) is 8.32 Å². The van der Waals surface area contributed by atoms with Crippen molar-refractivity contribution >= 4 is 19.2 Å². The van der Waals surface area contributed by atoms with Gasteiger partial charge >= 0.3 is 0 Å². The van der Waals surface area contributed by atoms with Crippen LogP contribution in [-0.4, -0.2) is 24.5 Å². The average molecular weight is 334 g/mol. The third-order valence-corrected chi connectivity index (χ3v) is 9.13. The van der Waals surface area contributed by atoms with Crippen molar-refractivity contribution in [3.05, 3.63) is 40.7 Å². The first-order valence-electron chi connectivity index (χ1n) is 7.79. The summed E-state index contributed by atoms with van der Waals surface area (Å²) in [6, 6.07) is 8.36. The SMILES string of the molecule is CC(C)(C)[Si](C)(C)O[C@@H](CN)n1c(=O)ccc2cccc(O)c21.